The van der Waals surface area contributed by atoms with Gasteiger partial charge in [0, 0.05) is 24.4 Å². The molecule has 76 valence electrons. The zero-order valence-corrected chi connectivity index (χ0v) is 8.34. The first kappa shape index (κ1) is 9.77. The number of benzene rings is 1. The van der Waals surface area contributed by atoms with E-state index in [0.717, 1.165) is 5.56 Å². The standard InChI is InChI=1S/C12H12N2O/c15-12(10-4-2-1-3-5-10)8-11-9-13-6-7-14-11/h1-7,11H,8-9H2. The van der Waals surface area contributed by atoms with Gasteiger partial charge in [0.15, 0.2) is 5.78 Å². The first-order valence-electron chi connectivity index (χ1n) is 4.96. The van der Waals surface area contributed by atoms with E-state index in [1.54, 1.807) is 12.4 Å². The summed E-state index contributed by atoms with van der Waals surface area (Å²) in [5.41, 5.74) is 0.752. The quantitative estimate of drug-likeness (QED) is 0.686. The van der Waals surface area contributed by atoms with Gasteiger partial charge in [-0.25, -0.2) is 0 Å². The monoisotopic (exact) mass is 200 g/mol. The molecule has 0 aliphatic carbocycles. The second-order valence-electron chi connectivity index (χ2n) is 3.46. The van der Waals surface area contributed by atoms with Crippen LogP contribution in [0.4, 0.5) is 0 Å². The number of aliphatic imine (C=N–C) groups is 2. The summed E-state index contributed by atoms with van der Waals surface area (Å²) in [5.74, 6) is 0.134. The van der Waals surface area contributed by atoms with Crippen LogP contribution in [0.25, 0.3) is 0 Å². The van der Waals surface area contributed by atoms with E-state index < -0.39 is 0 Å². The van der Waals surface area contributed by atoms with Crippen LogP contribution in [0.5, 0.6) is 0 Å². The van der Waals surface area contributed by atoms with Crippen molar-refractivity contribution in [3.05, 3.63) is 35.9 Å². The van der Waals surface area contributed by atoms with Gasteiger partial charge in [-0.2, -0.15) is 0 Å². The Morgan fingerprint density at radius 2 is 2.07 bits per heavy atom. The zero-order chi connectivity index (χ0) is 10.5. The van der Waals surface area contributed by atoms with Crippen molar-refractivity contribution in [2.24, 2.45) is 9.98 Å². The van der Waals surface area contributed by atoms with E-state index in [-0.39, 0.29) is 11.8 Å². The van der Waals surface area contributed by atoms with E-state index in [2.05, 4.69) is 9.98 Å². The lowest BCUT2D eigenvalue weighted by molar-refractivity contribution is 0.0975. The Kier molecular flexibility index (Phi) is 3.02. The molecule has 3 nitrogen and oxygen atoms in total. The van der Waals surface area contributed by atoms with Gasteiger partial charge >= 0.3 is 0 Å². The Bertz CT molecular complexity index is 395. The van der Waals surface area contributed by atoms with Gasteiger partial charge in [0.05, 0.1) is 12.6 Å². The van der Waals surface area contributed by atoms with Crippen LogP contribution in [0.3, 0.4) is 0 Å². The fourth-order valence-electron chi connectivity index (χ4n) is 1.51. The van der Waals surface area contributed by atoms with E-state index in [1.165, 1.54) is 0 Å². The highest BCUT2D eigenvalue weighted by atomic mass is 16.1. The molecule has 1 heterocycles. The molecule has 15 heavy (non-hydrogen) atoms. The van der Waals surface area contributed by atoms with Crippen LogP contribution in [0.15, 0.2) is 40.3 Å². The normalized spacial score (nSPS) is 19.1. The highest BCUT2D eigenvalue weighted by molar-refractivity contribution is 6.16. The lowest BCUT2D eigenvalue weighted by atomic mass is 10.0. The van der Waals surface area contributed by atoms with Crippen LogP contribution < -0.4 is 0 Å². The van der Waals surface area contributed by atoms with Crippen molar-refractivity contribution < 1.29 is 4.79 Å². The summed E-state index contributed by atoms with van der Waals surface area (Å²) < 4.78 is 0. The molecule has 0 fully saturated rings. The molecule has 0 bridgehead atoms. The number of nitrogens with zero attached hydrogens (tertiary/aromatic N) is 2. The Hall–Kier alpha value is -1.77. The second kappa shape index (κ2) is 4.64. The first-order chi connectivity index (χ1) is 7.36. The average molecular weight is 200 g/mol. The summed E-state index contributed by atoms with van der Waals surface area (Å²) in [6.07, 6.45) is 3.77. The Morgan fingerprint density at radius 1 is 1.27 bits per heavy atom. The van der Waals surface area contributed by atoms with Crippen molar-refractivity contribution in [2.75, 3.05) is 6.54 Å². The van der Waals surface area contributed by atoms with E-state index in [4.69, 9.17) is 0 Å². The van der Waals surface area contributed by atoms with Gasteiger partial charge in [-0.3, -0.25) is 14.8 Å². The molecule has 1 unspecified atom stereocenters. The maximum atomic E-state index is 11.8. The topological polar surface area (TPSA) is 41.8 Å². The van der Waals surface area contributed by atoms with Gasteiger partial charge in [0.25, 0.3) is 0 Å². The molecule has 0 radical (unpaired) electrons. The number of rotatable bonds is 3. The molecule has 0 saturated heterocycles. The highest BCUT2D eigenvalue weighted by Crippen LogP contribution is 2.08. The summed E-state index contributed by atoms with van der Waals surface area (Å²) in [6, 6.07) is 9.32. The summed E-state index contributed by atoms with van der Waals surface area (Å²) in [7, 11) is 0. The van der Waals surface area contributed by atoms with E-state index in [9.17, 15) is 4.79 Å². The minimum Gasteiger partial charge on any atom is -0.294 e. The highest BCUT2D eigenvalue weighted by Gasteiger charge is 2.14. The molecule has 3 heteroatoms. The Balaban J connectivity index is 1.98. The maximum Gasteiger partial charge on any atom is 0.165 e. The van der Waals surface area contributed by atoms with Crippen LogP contribution in [0, 0.1) is 0 Å². The van der Waals surface area contributed by atoms with Crippen molar-refractivity contribution in [3.8, 4) is 0 Å². The zero-order valence-electron chi connectivity index (χ0n) is 8.34. The van der Waals surface area contributed by atoms with Crippen LogP contribution in [0.2, 0.25) is 0 Å². The molecule has 1 aromatic rings. The SMILES string of the molecule is O=C(CC1CN=CC=N1)c1ccccc1. The maximum absolute atomic E-state index is 11.8. The van der Waals surface area contributed by atoms with Crippen LogP contribution in [0.1, 0.15) is 16.8 Å². The molecule has 0 saturated carbocycles. The number of ketones is 1. The molecule has 1 atom stereocenters. The van der Waals surface area contributed by atoms with Crippen LogP contribution in [-0.4, -0.2) is 30.8 Å². The summed E-state index contributed by atoms with van der Waals surface area (Å²) in [4.78, 5) is 20.1. The summed E-state index contributed by atoms with van der Waals surface area (Å²) in [6.45, 7) is 0.620. The van der Waals surface area contributed by atoms with Gasteiger partial charge < -0.3 is 0 Å². The van der Waals surface area contributed by atoms with Crippen LogP contribution in [-0.2, 0) is 0 Å². The van der Waals surface area contributed by atoms with Crippen molar-refractivity contribution in [3.63, 3.8) is 0 Å². The molecule has 1 aromatic carbocycles. The first-order valence-corrected chi connectivity index (χ1v) is 4.96. The molecule has 0 amide bonds. The molecule has 0 N–H and O–H groups in total. The van der Waals surface area contributed by atoms with Gasteiger partial charge in [0.1, 0.15) is 0 Å². The number of carbonyl (C=O) groups excluding carboxylic acids is 1. The second-order valence-corrected chi connectivity index (χ2v) is 3.46. The van der Waals surface area contributed by atoms with Crippen molar-refractivity contribution in [2.45, 2.75) is 12.5 Å². The molecule has 2 rings (SSSR count). The summed E-state index contributed by atoms with van der Waals surface area (Å²) >= 11 is 0. The van der Waals surface area contributed by atoms with Crippen molar-refractivity contribution in [1.82, 2.24) is 0 Å². The fraction of sp³-hybridized carbons (Fsp3) is 0.250. The van der Waals surface area contributed by atoms with Gasteiger partial charge in [-0.15, -0.1) is 0 Å². The molecular weight excluding hydrogens is 188 g/mol. The third-order valence-corrected chi connectivity index (χ3v) is 2.30. The Labute approximate surface area is 88.6 Å². The van der Waals surface area contributed by atoms with E-state index >= 15 is 0 Å². The molecule has 1 aliphatic rings. The minimum absolute atomic E-state index is 0.0164. The third kappa shape index (κ3) is 2.59. The van der Waals surface area contributed by atoms with Gasteiger partial charge in [-0.05, 0) is 0 Å². The fourth-order valence-corrected chi connectivity index (χ4v) is 1.51. The predicted octanol–water partition coefficient (Wildman–Crippen LogP) is 1.78. The molecule has 0 aromatic heterocycles. The number of Topliss-reactive ketones (excluding diaryl/α,β-unsaturated/α-hetero) is 1. The molecular formula is C12H12N2O. The van der Waals surface area contributed by atoms with E-state index in [0.29, 0.717) is 13.0 Å². The van der Waals surface area contributed by atoms with Crippen molar-refractivity contribution in [1.29, 1.82) is 0 Å². The minimum atomic E-state index is 0.0164. The van der Waals surface area contributed by atoms with Gasteiger partial charge in [-0.1, -0.05) is 30.3 Å². The van der Waals surface area contributed by atoms with Gasteiger partial charge in [0.2, 0.25) is 0 Å². The summed E-state index contributed by atoms with van der Waals surface area (Å²) in [5, 5.41) is 0. The smallest absolute Gasteiger partial charge is 0.165 e. The van der Waals surface area contributed by atoms with E-state index in [1.807, 2.05) is 30.3 Å². The average Bonchev–Trinajstić information content (AvgIpc) is 2.31. The number of hydrogen-bond donors (Lipinski definition) is 0. The number of carbonyl (C=O) groups is 1. The number of hydrogen-bond acceptors (Lipinski definition) is 3. The largest absolute Gasteiger partial charge is 0.294 e. The lowest BCUT2D eigenvalue weighted by Gasteiger charge is -2.10. The predicted molar refractivity (Wildman–Crippen MR) is 61.0 cm³/mol. The van der Waals surface area contributed by atoms with Crippen LogP contribution >= 0.6 is 0 Å². The lowest BCUT2D eigenvalue weighted by Crippen LogP contribution is -2.18. The molecule has 0 spiro atoms. The Morgan fingerprint density at radius 3 is 2.73 bits per heavy atom. The molecule has 1 aliphatic heterocycles. The van der Waals surface area contributed by atoms with Crippen molar-refractivity contribution >= 4 is 18.2 Å². The third-order valence-electron chi connectivity index (χ3n) is 2.30.